The van der Waals surface area contributed by atoms with Crippen molar-refractivity contribution >= 4 is 11.7 Å². The normalized spacial score (nSPS) is 12.8. The van der Waals surface area contributed by atoms with Crippen LogP contribution >= 0.6 is 0 Å². The molecular formula is C23H23FN4O4. The van der Waals surface area contributed by atoms with Crippen molar-refractivity contribution in [1.29, 1.82) is 0 Å². The predicted octanol–water partition coefficient (Wildman–Crippen LogP) is 3.11. The second-order valence-electron chi connectivity index (χ2n) is 7.41. The molecule has 32 heavy (non-hydrogen) atoms. The highest BCUT2D eigenvalue weighted by atomic mass is 19.1. The summed E-state index contributed by atoms with van der Waals surface area (Å²) in [4.78, 5) is 34.3. The molecule has 0 atom stereocenters. The lowest BCUT2D eigenvalue weighted by Gasteiger charge is -2.28. The Morgan fingerprint density at radius 2 is 1.91 bits per heavy atom. The number of urea groups is 1. The number of ether oxygens (including phenoxy) is 2. The molecule has 1 aromatic heterocycles. The molecule has 2 aromatic carbocycles. The Morgan fingerprint density at radius 1 is 1.19 bits per heavy atom. The number of methoxy groups -OCH3 is 2. The van der Waals surface area contributed by atoms with E-state index in [0.717, 1.165) is 0 Å². The highest BCUT2D eigenvalue weighted by Crippen LogP contribution is 2.26. The molecule has 0 spiro atoms. The van der Waals surface area contributed by atoms with E-state index < -0.39 is 0 Å². The summed E-state index contributed by atoms with van der Waals surface area (Å²) in [6, 6.07) is 11.1. The van der Waals surface area contributed by atoms with E-state index in [0.29, 0.717) is 52.8 Å². The third-order valence-electron chi connectivity index (χ3n) is 5.32. The molecule has 1 aliphatic heterocycles. The first kappa shape index (κ1) is 21.4. The van der Waals surface area contributed by atoms with Gasteiger partial charge in [-0.05, 0) is 11.6 Å². The minimum Gasteiger partial charge on any atom is -0.497 e. The molecule has 0 bridgehead atoms. The Balaban J connectivity index is 1.49. The molecule has 0 unspecified atom stereocenters. The molecule has 166 valence electrons. The number of aromatic amines is 1. The standard InChI is InChI=1S/C23H23FN4O4/c1-31-16-10-15(11-17(12-16)32-2)25-23(30)28-8-7-20-18(13-28)22(29)27-21(26-20)9-14-5-3-4-6-19(14)24/h3-6,10-12H,7-9,13H2,1-2H3,(H,25,30)(H,26,27,29). The van der Waals surface area contributed by atoms with Gasteiger partial charge in [-0.3, -0.25) is 4.79 Å². The van der Waals surface area contributed by atoms with Crippen molar-refractivity contribution in [2.24, 2.45) is 0 Å². The Morgan fingerprint density at radius 3 is 2.59 bits per heavy atom. The smallest absolute Gasteiger partial charge is 0.322 e. The molecule has 9 heteroatoms. The SMILES string of the molecule is COc1cc(NC(=O)N2CCc3nc(Cc4ccccc4F)[nH]c(=O)c3C2)cc(OC)c1. The van der Waals surface area contributed by atoms with Crippen LogP contribution in [-0.4, -0.2) is 41.7 Å². The number of nitrogens with zero attached hydrogens (tertiary/aromatic N) is 2. The van der Waals surface area contributed by atoms with Gasteiger partial charge in [-0.2, -0.15) is 0 Å². The van der Waals surface area contributed by atoms with Gasteiger partial charge in [0.05, 0.1) is 32.0 Å². The van der Waals surface area contributed by atoms with Crippen LogP contribution in [0.1, 0.15) is 22.6 Å². The largest absolute Gasteiger partial charge is 0.497 e. The third-order valence-corrected chi connectivity index (χ3v) is 5.32. The van der Waals surface area contributed by atoms with Crippen molar-refractivity contribution in [2.45, 2.75) is 19.4 Å². The van der Waals surface area contributed by atoms with Gasteiger partial charge in [-0.1, -0.05) is 18.2 Å². The summed E-state index contributed by atoms with van der Waals surface area (Å²) in [6.45, 7) is 0.528. The fraction of sp³-hybridized carbons (Fsp3) is 0.261. The summed E-state index contributed by atoms with van der Waals surface area (Å²) < 4.78 is 24.4. The van der Waals surface area contributed by atoms with E-state index in [-0.39, 0.29) is 30.4 Å². The minimum atomic E-state index is -0.346. The summed E-state index contributed by atoms with van der Waals surface area (Å²) >= 11 is 0. The topological polar surface area (TPSA) is 96.5 Å². The van der Waals surface area contributed by atoms with Gasteiger partial charge in [0.1, 0.15) is 23.1 Å². The average molecular weight is 438 g/mol. The molecule has 0 fully saturated rings. The highest BCUT2D eigenvalue weighted by Gasteiger charge is 2.25. The molecule has 0 radical (unpaired) electrons. The maximum Gasteiger partial charge on any atom is 0.322 e. The predicted molar refractivity (Wildman–Crippen MR) is 117 cm³/mol. The van der Waals surface area contributed by atoms with Gasteiger partial charge < -0.3 is 24.7 Å². The number of halogens is 1. The van der Waals surface area contributed by atoms with Gasteiger partial charge in [0.25, 0.3) is 5.56 Å². The number of hydrogen-bond acceptors (Lipinski definition) is 5. The number of anilines is 1. The van der Waals surface area contributed by atoms with Crippen molar-refractivity contribution in [3.05, 3.63) is 81.3 Å². The van der Waals surface area contributed by atoms with Gasteiger partial charge in [-0.15, -0.1) is 0 Å². The van der Waals surface area contributed by atoms with Crippen LogP contribution in [0.4, 0.5) is 14.9 Å². The van der Waals surface area contributed by atoms with Crippen molar-refractivity contribution < 1.29 is 18.7 Å². The fourth-order valence-electron chi connectivity index (χ4n) is 3.64. The van der Waals surface area contributed by atoms with Crippen LogP contribution in [0.15, 0.2) is 47.3 Å². The van der Waals surface area contributed by atoms with Crippen LogP contribution < -0.4 is 20.3 Å². The molecule has 2 N–H and O–H groups in total. The van der Waals surface area contributed by atoms with Crippen LogP contribution in [0.3, 0.4) is 0 Å². The molecule has 0 aliphatic carbocycles. The van der Waals surface area contributed by atoms with Gasteiger partial charge in [0, 0.05) is 43.3 Å². The quantitative estimate of drug-likeness (QED) is 0.638. The van der Waals surface area contributed by atoms with E-state index in [1.807, 2.05) is 0 Å². The summed E-state index contributed by atoms with van der Waals surface area (Å²) in [7, 11) is 3.06. The highest BCUT2D eigenvalue weighted by molar-refractivity contribution is 5.90. The Labute approximate surface area is 184 Å². The third kappa shape index (κ3) is 4.56. The molecule has 8 nitrogen and oxygen atoms in total. The first-order chi connectivity index (χ1) is 15.5. The van der Waals surface area contributed by atoms with E-state index in [1.54, 1.807) is 41.3 Å². The van der Waals surface area contributed by atoms with Gasteiger partial charge in [-0.25, -0.2) is 14.2 Å². The van der Waals surface area contributed by atoms with Crippen molar-refractivity contribution in [1.82, 2.24) is 14.9 Å². The number of fused-ring (bicyclic) bond motifs is 1. The molecule has 2 amide bonds. The molecule has 0 saturated carbocycles. The van der Waals surface area contributed by atoms with E-state index in [9.17, 15) is 14.0 Å². The van der Waals surface area contributed by atoms with Crippen LogP contribution in [0, 0.1) is 5.82 Å². The van der Waals surface area contributed by atoms with Crippen molar-refractivity contribution in [3.8, 4) is 11.5 Å². The van der Waals surface area contributed by atoms with Crippen LogP contribution in [0.2, 0.25) is 0 Å². The Hall–Kier alpha value is -3.88. The lowest BCUT2D eigenvalue weighted by atomic mass is 10.1. The van der Waals surface area contributed by atoms with Crippen LogP contribution in [0.25, 0.3) is 0 Å². The molecule has 4 rings (SSSR count). The zero-order valence-electron chi connectivity index (χ0n) is 17.8. The number of hydrogen-bond donors (Lipinski definition) is 2. The van der Waals surface area contributed by atoms with Gasteiger partial charge >= 0.3 is 6.03 Å². The number of H-pyrrole nitrogens is 1. The zero-order valence-corrected chi connectivity index (χ0v) is 17.8. The molecular weight excluding hydrogens is 415 g/mol. The Bertz CT molecular complexity index is 1190. The molecule has 2 heterocycles. The summed E-state index contributed by atoms with van der Waals surface area (Å²) in [5.74, 6) is 1.16. The fourth-order valence-corrected chi connectivity index (χ4v) is 3.64. The maximum absolute atomic E-state index is 13.9. The lowest BCUT2D eigenvalue weighted by molar-refractivity contribution is 0.205. The Kier molecular flexibility index (Phi) is 6.07. The van der Waals surface area contributed by atoms with E-state index in [1.165, 1.54) is 20.3 Å². The van der Waals surface area contributed by atoms with E-state index in [4.69, 9.17) is 9.47 Å². The molecule has 1 aliphatic rings. The minimum absolute atomic E-state index is 0.130. The number of amides is 2. The monoisotopic (exact) mass is 438 g/mol. The summed E-state index contributed by atoms with van der Waals surface area (Å²) in [5, 5.41) is 2.81. The number of carbonyl (C=O) groups excluding carboxylic acids is 1. The number of carbonyl (C=O) groups is 1. The van der Waals surface area contributed by atoms with Crippen molar-refractivity contribution in [3.63, 3.8) is 0 Å². The maximum atomic E-state index is 13.9. The number of aromatic nitrogens is 2. The van der Waals surface area contributed by atoms with E-state index in [2.05, 4.69) is 15.3 Å². The van der Waals surface area contributed by atoms with Gasteiger partial charge in [0.15, 0.2) is 0 Å². The van der Waals surface area contributed by atoms with Gasteiger partial charge in [0.2, 0.25) is 0 Å². The summed E-state index contributed by atoms with van der Waals surface area (Å²) in [6.07, 6.45) is 0.620. The second-order valence-corrected chi connectivity index (χ2v) is 7.41. The zero-order chi connectivity index (χ0) is 22.7. The summed E-state index contributed by atoms with van der Waals surface area (Å²) in [5.41, 5.74) is 1.73. The molecule has 0 saturated heterocycles. The van der Waals surface area contributed by atoms with E-state index >= 15 is 0 Å². The number of benzene rings is 2. The first-order valence-corrected chi connectivity index (χ1v) is 10.1. The average Bonchev–Trinajstić information content (AvgIpc) is 2.80. The number of rotatable bonds is 5. The van der Waals surface area contributed by atoms with Crippen LogP contribution in [-0.2, 0) is 19.4 Å². The first-order valence-electron chi connectivity index (χ1n) is 10.1. The second kappa shape index (κ2) is 9.09. The number of nitrogens with one attached hydrogen (secondary N) is 2. The van der Waals surface area contributed by atoms with Crippen LogP contribution in [0.5, 0.6) is 11.5 Å². The van der Waals surface area contributed by atoms with Crippen molar-refractivity contribution in [2.75, 3.05) is 26.1 Å². The molecule has 3 aromatic rings. The lowest BCUT2D eigenvalue weighted by Crippen LogP contribution is -2.42.